The third-order valence-corrected chi connectivity index (χ3v) is 16.3. The van der Waals surface area contributed by atoms with Gasteiger partial charge in [0.1, 0.15) is 19.8 Å². The van der Waals surface area contributed by atoms with Gasteiger partial charge in [0, 0.05) is 12.8 Å². The molecule has 0 aromatic heterocycles. The molecule has 0 N–H and O–H groups in total. The van der Waals surface area contributed by atoms with Crippen LogP contribution in [0.4, 0.5) is 0 Å². The molecule has 2 unspecified atom stereocenters. The smallest absolute Gasteiger partial charge is 0.306 e. The maximum Gasteiger partial charge on any atom is 0.306 e. The molecule has 0 aliphatic heterocycles. The normalized spacial score (nSPS) is 14.4. The average molecular weight is 1400 g/mol. The Hall–Kier alpha value is -6.19. The van der Waals surface area contributed by atoms with Gasteiger partial charge < -0.3 is 27.9 Å². The van der Waals surface area contributed by atoms with E-state index < -0.39 is 32.5 Å². The van der Waals surface area contributed by atoms with Gasteiger partial charge in [-0.2, -0.15) is 0 Å². The number of phosphoric ester groups is 1. The van der Waals surface area contributed by atoms with Gasteiger partial charge in [0.05, 0.1) is 27.7 Å². The van der Waals surface area contributed by atoms with Crippen molar-refractivity contribution in [3.8, 4) is 0 Å². The second-order valence-electron chi connectivity index (χ2n) is 25.9. The molecule has 10 heteroatoms. The summed E-state index contributed by atoms with van der Waals surface area (Å²) in [7, 11) is 1.11. The van der Waals surface area contributed by atoms with E-state index in [2.05, 4.69) is 257 Å². The molecule has 0 saturated heterocycles. The molecule has 2 atom stereocenters. The van der Waals surface area contributed by atoms with Crippen molar-refractivity contribution in [2.75, 3.05) is 47.5 Å². The van der Waals surface area contributed by atoms with Gasteiger partial charge in [-0.25, -0.2) is 0 Å². The van der Waals surface area contributed by atoms with Gasteiger partial charge in [0.2, 0.25) is 0 Å². The number of carbonyl (C=O) groups excluding carboxylic acids is 2. The van der Waals surface area contributed by atoms with Crippen LogP contribution in [0.25, 0.3) is 0 Å². The molecule has 0 amide bonds. The van der Waals surface area contributed by atoms with Crippen molar-refractivity contribution in [1.29, 1.82) is 0 Å². The second-order valence-corrected chi connectivity index (χ2v) is 27.3. The quantitative estimate of drug-likeness (QED) is 0.0195. The predicted octanol–water partition coefficient (Wildman–Crippen LogP) is 25.6. The number of likely N-dealkylation sites (N-methyl/N-ethyl adjacent to an activating group) is 1. The highest BCUT2D eigenvalue weighted by Crippen LogP contribution is 2.38. The lowest BCUT2D eigenvalue weighted by Crippen LogP contribution is -2.37. The van der Waals surface area contributed by atoms with E-state index in [0.717, 1.165) is 173 Å². The molecule has 558 valence electrons. The summed E-state index contributed by atoms with van der Waals surface area (Å²) < 4.78 is 34.3. The molecule has 0 aromatic carbocycles. The molecule has 0 rings (SSSR count). The zero-order chi connectivity index (χ0) is 72.5. The number of hydrogen-bond donors (Lipinski definition) is 0. The number of phosphoric acid groups is 1. The molecule has 0 spiro atoms. The highest BCUT2D eigenvalue weighted by Gasteiger charge is 2.22. The Labute approximate surface area is 613 Å². The lowest BCUT2D eigenvalue weighted by atomic mass is 10.0. The molecular formula is C90H140NO8P. The second kappa shape index (κ2) is 77.0. The standard InChI is InChI=1S/C90H140NO8P/c1-6-8-10-12-14-16-18-20-22-24-26-28-30-32-34-36-38-40-42-44-45-47-48-50-52-54-56-58-60-62-64-66-68-70-72-74-76-78-80-82-89(92)96-86-88(87-98-100(94,95)97-85-84-91(3,4)5)99-90(93)83-81-79-77-75-73-71-69-67-65-63-61-59-57-55-53-51-49-46-43-41-39-37-35-33-31-29-27-25-23-21-19-17-15-13-11-9-7-2/h8-11,14-17,20-23,26-29,32-35,38-41,44-46,48-50,53-56,59,61,65,67,71,73,88H,6-7,12-13,18-19,24-25,30-31,36-37,42-43,47,51-52,57-58,60,62-64,66,68-70,72,74-87H2,1-5H3/b10-8-,11-9-,16-14-,17-15-,22-20-,23-21-,28-26-,29-27-,34-32-,35-33-,40-38-,41-39-,45-44-,49-46-,50-48-,55-53-,56-54-,61-59-,67-65-,73-71-. The molecule has 0 aliphatic carbocycles. The minimum atomic E-state index is -4.67. The van der Waals surface area contributed by atoms with E-state index in [1.54, 1.807) is 0 Å². The number of ether oxygens (including phenoxy) is 2. The summed E-state index contributed by atoms with van der Waals surface area (Å²) in [5.41, 5.74) is 0. The molecule has 100 heavy (non-hydrogen) atoms. The Balaban J connectivity index is 4.18. The Morgan fingerprint density at radius 2 is 0.540 bits per heavy atom. The Morgan fingerprint density at radius 3 is 0.810 bits per heavy atom. The highest BCUT2D eigenvalue weighted by molar-refractivity contribution is 7.45. The Bertz CT molecular complexity index is 2600. The van der Waals surface area contributed by atoms with Gasteiger partial charge in [-0.3, -0.25) is 14.2 Å². The van der Waals surface area contributed by atoms with Gasteiger partial charge >= 0.3 is 11.9 Å². The van der Waals surface area contributed by atoms with Crippen molar-refractivity contribution >= 4 is 19.8 Å². The summed E-state index contributed by atoms with van der Waals surface area (Å²) in [6, 6.07) is 0. The van der Waals surface area contributed by atoms with E-state index in [1.165, 1.54) is 44.9 Å². The van der Waals surface area contributed by atoms with Gasteiger partial charge in [-0.15, -0.1) is 0 Å². The maximum absolute atomic E-state index is 12.9. The lowest BCUT2D eigenvalue weighted by molar-refractivity contribution is -0.870. The van der Waals surface area contributed by atoms with E-state index in [9.17, 15) is 19.0 Å². The SMILES string of the molecule is CC/C=C\C/C=C\C/C=C\C/C=C\C/C=C\C/C=C\C/C=C\C/C=C\C/C=C\C/C=C\C/C=C\CCCCCC(=O)OC(COC(=O)CCCCCCCCCCCCC/C=C\C/C=C\C/C=C\C/C=C\C/C=C\C/C=C\C/C=C\C/C=C\C/C=C\CC)COP(=O)([O-])OCC[N+](C)(C)C. The van der Waals surface area contributed by atoms with Crippen LogP contribution >= 0.6 is 7.82 Å². The minimum Gasteiger partial charge on any atom is -0.756 e. The molecular weight excluding hydrogens is 1250 g/mol. The summed E-state index contributed by atoms with van der Waals surface area (Å²) >= 11 is 0. The van der Waals surface area contributed by atoms with Crippen LogP contribution < -0.4 is 4.89 Å². The van der Waals surface area contributed by atoms with Gasteiger partial charge in [0.25, 0.3) is 7.82 Å². The van der Waals surface area contributed by atoms with Crippen molar-refractivity contribution in [1.82, 2.24) is 0 Å². The number of rotatable bonds is 68. The van der Waals surface area contributed by atoms with E-state index in [1.807, 2.05) is 21.1 Å². The largest absolute Gasteiger partial charge is 0.756 e. The Kier molecular flexibility index (Phi) is 72.2. The fourth-order valence-electron chi connectivity index (χ4n) is 9.54. The third-order valence-electron chi connectivity index (χ3n) is 15.4. The molecule has 0 aliphatic rings. The van der Waals surface area contributed by atoms with Crippen molar-refractivity contribution in [3.05, 3.63) is 243 Å². The zero-order valence-corrected chi connectivity index (χ0v) is 64.4. The van der Waals surface area contributed by atoms with Gasteiger partial charge in [-0.05, 0) is 167 Å². The van der Waals surface area contributed by atoms with E-state index in [0.29, 0.717) is 23.9 Å². The topological polar surface area (TPSA) is 111 Å². The van der Waals surface area contributed by atoms with Crippen LogP contribution in [0.15, 0.2) is 243 Å². The highest BCUT2D eigenvalue weighted by atomic mass is 31.2. The van der Waals surface area contributed by atoms with Crippen LogP contribution in [-0.4, -0.2) is 70.0 Å². The molecule has 0 bridgehead atoms. The van der Waals surface area contributed by atoms with E-state index in [4.69, 9.17) is 18.5 Å². The number of quaternary nitrogens is 1. The number of unbranched alkanes of at least 4 members (excludes halogenated alkanes) is 14. The molecule has 0 radical (unpaired) electrons. The molecule has 0 saturated carbocycles. The van der Waals surface area contributed by atoms with Crippen LogP contribution in [0.2, 0.25) is 0 Å². The van der Waals surface area contributed by atoms with E-state index >= 15 is 0 Å². The van der Waals surface area contributed by atoms with E-state index in [-0.39, 0.29) is 26.1 Å². The number of allylic oxidation sites excluding steroid dienone is 40. The van der Waals surface area contributed by atoms with Crippen molar-refractivity contribution in [2.45, 2.75) is 264 Å². The molecule has 0 aromatic rings. The third kappa shape index (κ3) is 80.8. The fourth-order valence-corrected chi connectivity index (χ4v) is 10.3. The average Bonchev–Trinajstić information content (AvgIpc) is 1.02. The fraction of sp³-hybridized carbons (Fsp3) is 0.533. The monoisotopic (exact) mass is 1390 g/mol. The first-order valence-corrected chi connectivity index (χ1v) is 40.2. The molecule has 9 nitrogen and oxygen atoms in total. The summed E-state index contributed by atoms with van der Waals surface area (Å²) in [6.07, 6.45) is 125. The van der Waals surface area contributed by atoms with Crippen molar-refractivity contribution < 1.29 is 42.1 Å². The van der Waals surface area contributed by atoms with Crippen molar-refractivity contribution in [3.63, 3.8) is 0 Å². The number of hydrogen-bond acceptors (Lipinski definition) is 8. The number of nitrogens with zero attached hydrogens (tertiary/aromatic N) is 1. The van der Waals surface area contributed by atoms with Gasteiger partial charge in [-0.1, -0.05) is 321 Å². The first-order chi connectivity index (χ1) is 49.0. The molecule has 0 fully saturated rings. The predicted molar refractivity (Wildman–Crippen MR) is 433 cm³/mol. The first kappa shape index (κ1) is 93.8. The van der Waals surface area contributed by atoms with Crippen LogP contribution in [0.1, 0.15) is 258 Å². The van der Waals surface area contributed by atoms with Crippen molar-refractivity contribution in [2.24, 2.45) is 0 Å². The van der Waals surface area contributed by atoms with Crippen LogP contribution in [0.3, 0.4) is 0 Å². The van der Waals surface area contributed by atoms with Crippen LogP contribution in [0.5, 0.6) is 0 Å². The van der Waals surface area contributed by atoms with Crippen LogP contribution in [-0.2, 0) is 32.7 Å². The summed E-state index contributed by atoms with van der Waals surface area (Å²) in [6.45, 7) is 3.94. The number of carbonyl (C=O) groups is 2. The Morgan fingerprint density at radius 1 is 0.310 bits per heavy atom. The number of esters is 2. The molecule has 0 heterocycles. The lowest BCUT2D eigenvalue weighted by Gasteiger charge is -2.28. The minimum absolute atomic E-state index is 0.0512. The maximum atomic E-state index is 12.9. The summed E-state index contributed by atoms with van der Waals surface area (Å²) in [5.74, 6) is -0.892. The first-order valence-electron chi connectivity index (χ1n) is 38.7. The van der Waals surface area contributed by atoms with Gasteiger partial charge in [0.15, 0.2) is 6.10 Å². The summed E-state index contributed by atoms with van der Waals surface area (Å²) in [4.78, 5) is 38.2. The van der Waals surface area contributed by atoms with Crippen LogP contribution in [0, 0.1) is 0 Å². The zero-order valence-electron chi connectivity index (χ0n) is 63.5. The summed E-state index contributed by atoms with van der Waals surface area (Å²) in [5, 5.41) is 0.